The lowest BCUT2D eigenvalue weighted by Crippen LogP contribution is -2.68. The highest BCUT2D eigenvalue weighted by molar-refractivity contribution is 5.69. The molecule has 1 amide bonds. The van der Waals surface area contributed by atoms with Crippen LogP contribution in [0.25, 0.3) is 0 Å². The zero-order valence-electron chi connectivity index (χ0n) is 12.7. The number of carboxylic acid groups (broad SMARTS) is 1. The van der Waals surface area contributed by atoms with Crippen LogP contribution in [0.5, 0.6) is 0 Å². The van der Waals surface area contributed by atoms with Crippen LogP contribution in [0.15, 0.2) is 0 Å². The van der Waals surface area contributed by atoms with Gasteiger partial charge in [-0.2, -0.15) is 0 Å². The number of nitrogens with zero attached hydrogens (tertiary/aromatic N) is 1. The van der Waals surface area contributed by atoms with Crippen molar-refractivity contribution in [1.82, 2.24) is 4.90 Å². The Morgan fingerprint density at radius 1 is 1.35 bits per heavy atom. The van der Waals surface area contributed by atoms with Crippen molar-refractivity contribution in [2.45, 2.75) is 58.1 Å². The number of aliphatic carboxylic acids is 1. The second-order valence-corrected chi connectivity index (χ2v) is 6.50. The van der Waals surface area contributed by atoms with E-state index in [2.05, 4.69) is 5.73 Å². The number of carbonyl (C=O) groups excluding carboxylic acids is 2. The van der Waals surface area contributed by atoms with Crippen LogP contribution in [-0.4, -0.2) is 41.7 Å². The first-order valence-corrected chi connectivity index (χ1v) is 7.21. The monoisotopic (exact) mass is 286 g/mol. The lowest BCUT2D eigenvalue weighted by atomic mass is 9.91. The Kier molecular flexibility index (Phi) is 5.80. The van der Waals surface area contributed by atoms with Crippen molar-refractivity contribution in [2.24, 2.45) is 5.92 Å². The topological polar surface area (TPSA) is 97.3 Å². The molecule has 3 N–H and O–H groups in total. The van der Waals surface area contributed by atoms with Gasteiger partial charge >= 0.3 is 6.09 Å². The van der Waals surface area contributed by atoms with Crippen LogP contribution in [0.4, 0.5) is 4.79 Å². The third-order valence-electron chi connectivity index (χ3n) is 3.52. The average Bonchev–Trinajstić information content (AvgIpc) is 2.34. The van der Waals surface area contributed by atoms with Crippen molar-refractivity contribution in [2.75, 3.05) is 13.1 Å². The van der Waals surface area contributed by atoms with E-state index in [0.717, 1.165) is 19.3 Å². The summed E-state index contributed by atoms with van der Waals surface area (Å²) in [4.78, 5) is 24.2. The smallest absolute Gasteiger partial charge is 0.410 e. The molecule has 20 heavy (non-hydrogen) atoms. The highest BCUT2D eigenvalue weighted by atomic mass is 16.6. The average molecular weight is 286 g/mol. The fourth-order valence-electron chi connectivity index (χ4n) is 2.29. The molecule has 1 fully saturated rings. The predicted molar refractivity (Wildman–Crippen MR) is 71.4 cm³/mol. The molecule has 0 aromatic carbocycles. The highest BCUT2D eigenvalue weighted by Crippen LogP contribution is 2.23. The number of quaternary nitrogens is 1. The molecule has 1 rings (SSSR count). The molecule has 0 unspecified atom stereocenters. The second kappa shape index (κ2) is 6.92. The number of carbonyl (C=O) groups is 2. The Morgan fingerprint density at radius 3 is 2.35 bits per heavy atom. The molecule has 1 atom stereocenters. The second-order valence-electron chi connectivity index (χ2n) is 6.50. The van der Waals surface area contributed by atoms with Crippen molar-refractivity contribution in [1.29, 1.82) is 0 Å². The molecule has 1 aliphatic heterocycles. The minimum absolute atomic E-state index is 0.263. The van der Waals surface area contributed by atoms with Gasteiger partial charge in [-0.3, -0.25) is 0 Å². The summed E-state index contributed by atoms with van der Waals surface area (Å²) in [5, 5.41) is 10.6. The van der Waals surface area contributed by atoms with Crippen molar-refractivity contribution < 1.29 is 25.2 Å². The molecular weight excluding hydrogens is 260 g/mol. The summed E-state index contributed by atoms with van der Waals surface area (Å²) in [5.74, 6) is -0.631. The standard InChI is InChI=1S/C14H26N2O4/c1-14(2,3)20-13(19)16-8-6-10(7-9-16)4-5-11(15)12(17)18/h10-11H,4-9,15H2,1-3H3,(H,17,18)/t11-/m0/s1. The Labute approximate surface area is 120 Å². The number of amides is 1. The van der Waals surface area contributed by atoms with Crippen LogP contribution in [0.3, 0.4) is 0 Å². The van der Waals surface area contributed by atoms with E-state index in [1.54, 1.807) is 4.90 Å². The summed E-state index contributed by atoms with van der Waals surface area (Å²) in [6.07, 6.45) is 2.88. The first-order chi connectivity index (χ1) is 9.19. The SMILES string of the molecule is CC(C)(C)OC(=O)N1CCC(CC[C@H]([NH3+])C(=O)[O-])CC1. The molecule has 116 valence electrons. The molecule has 0 aromatic rings. The van der Waals surface area contributed by atoms with Crippen LogP contribution < -0.4 is 10.8 Å². The van der Waals surface area contributed by atoms with E-state index >= 15 is 0 Å². The molecule has 6 nitrogen and oxygen atoms in total. The van der Waals surface area contributed by atoms with Gasteiger partial charge in [0.2, 0.25) is 0 Å². The fraction of sp³-hybridized carbons (Fsp3) is 0.857. The van der Waals surface area contributed by atoms with Crippen LogP contribution in [0.2, 0.25) is 0 Å². The number of rotatable bonds is 4. The summed E-state index contributed by atoms with van der Waals surface area (Å²) in [7, 11) is 0. The summed E-state index contributed by atoms with van der Waals surface area (Å²) < 4.78 is 5.33. The van der Waals surface area contributed by atoms with Gasteiger partial charge in [0.15, 0.2) is 0 Å². The molecule has 1 aliphatic rings. The van der Waals surface area contributed by atoms with E-state index in [-0.39, 0.29) is 6.09 Å². The molecule has 0 radical (unpaired) electrons. The summed E-state index contributed by atoms with van der Waals surface area (Å²) in [6, 6.07) is -0.640. The lowest BCUT2D eigenvalue weighted by molar-refractivity contribution is -0.438. The number of hydrogen-bond donors (Lipinski definition) is 1. The fourth-order valence-corrected chi connectivity index (χ4v) is 2.29. The van der Waals surface area contributed by atoms with Crippen LogP contribution in [-0.2, 0) is 9.53 Å². The summed E-state index contributed by atoms with van der Waals surface area (Å²) in [5.41, 5.74) is 3.09. The number of hydrogen-bond acceptors (Lipinski definition) is 4. The Morgan fingerprint density at radius 2 is 1.90 bits per heavy atom. The maximum atomic E-state index is 11.9. The summed E-state index contributed by atoms with van der Waals surface area (Å²) in [6.45, 7) is 6.91. The third kappa shape index (κ3) is 5.77. The van der Waals surface area contributed by atoms with Gasteiger partial charge in [-0.25, -0.2) is 4.79 Å². The van der Waals surface area contributed by atoms with E-state index in [1.807, 2.05) is 20.8 Å². The molecule has 1 saturated heterocycles. The minimum atomic E-state index is -1.09. The highest BCUT2D eigenvalue weighted by Gasteiger charge is 2.27. The zero-order valence-corrected chi connectivity index (χ0v) is 12.7. The number of likely N-dealkylation sites (tertiary alicyclic amines) is 1. The van der Waals surface area contributed by atoms with Gasteiger partial charge < -0.3 is 25.3 Å². The van der Waals surface area contributed by atoms with Gasteiger partial charge in [-0.05, 0) is 46.0 Å². The Hall–Kier alpha value is -1.30. The van der Waals surface area contributed by atoms with E-state index in [4.69, 9.17) is 4.74 Å². The molecule has 0 spiro atoms. The molecule has 0 aliphatic carbocycles. The Balaban J connectivity index is 2.29. The van der Waals surface area contributed by atoms with Crippen LogP contribution in [0.1, 0.15) is 46.5 Å². The normalized spacial score (nSPS) is 18.7. The molecule has 0 bridgehead atoms. The first kappa shape index (κ1) is 16.8. The molecule has 1 heterocycles. The lowest BCUT2D eigenvalue weighted by Gasteiger charge is -2.33. The van der Waals surface area contributed by atoms with Crippen molar-refractivity contribution >= 4 is 12.1 Å². The minimum Gasteiger partial charge on any atom is -0.544 e. The molecule has 0 aromatic heterocycles. The van der Waals surface area contributed by atoms with Crippen LogP contribution in [0, 0.1) is 5.92 Å². The number of piperidine rings is 1. The van der Waals surface area contributed by atoms with Crippen molar-refractivity contribution in [3.63, 3.8) is 0 Å². The quantitative estimate of drug-likeness (QED) is 0.772. The third-order valence-corrected chi connectivity index (χ3v) is 3.52. The van der Waals surface area contributed by atoms with E-state index < -0.39 is 17.6 Å². The molecule has 0 saturated carbocycles. The number of ether oxygens (including phenoxy) is 1. The maximum absolute atomic E-state index is 11.9. The maximum Gasteiger partial charge on any atom is 0.410 e. The largest absolute Gasteiger partial charge is 0.544 e. The van der Waals surface area contributed by atoms with E-state index in [0.29, 0.717) is 25.4 Å². The van der Waals surface area contributed by atoms with Gasteiger partial charge in [0.1, 0.15) is 11.6 Å². The van der Waals surface area contributed by atoms with Crippen molar-refractivity contribution in [3.05, 3.63) is 0 Å². The molecular formula is C14H26N2O4. The van der Waals surface area contributed by atoms with Gasteiger partial charge in [0, 0.05) is 19.5 Å². The van der Waals surface area contributed by atoms with E-state index in [1.165, 1.54) is 0 Å². The van der Waals surface area contributed by atoms with Crippen LogP contribution >= 0.6 is 0 Å². The van der Waals surface area contributed by atoms with Gasteiger partial charge in [-0.15, -0.1) is 0 Å². The summed E-state index contributed by atoms with van der Waals surface area (Å²) >= 11 is 0. The van der Waals surface area contributed by atoms with Gasteiger partial charge in [-0.1, -0.05) is 0 Å². The predicted octanol–water partition coefficient (Wildman–Crippen LogP) is -0.226. The Bertz CT molecular complexity index is 344. The van der Waals surface area contributed by atoms with Gasteiger partial charge in [0.05, 0.1) is 5.97 Å². The van der Waals surface area contributed by atoms with E-state index in [9.17, 15) is 14.7 Å². The number of carboxylic acids is 1. The molecule has 6 heteroatoms. The zero-order chi connectivity index (χ0) is 15.3. The van der Waals surface area contributed by atoms with Crippen molar-refractivity contribution in [3.8, 4) is 0 Å². The first-order valence-electron chi connectivity index (χ1n) is 7.21. The van der Waals surface area contributed by atoms with Gasteiger partial charge in [0.25, 0.3) is 0 Å².